The molecular formula is C14H21N. The first-order chi connectivity index (χ1) is 6.94. The summed E-state index contributed by atoms with van der Waals surface area (Å²) in [4.78, 5) is 0. The summed E-state index contributed by atoms with van der Waals surface area (Å²) in [6.45, 7) is 8.95. The molecule has 0 aromatic heterocycles. The number of rotatable bonds is 2. The van der Waals surface area contributed by atoms with Crippen molar-refractivity contribution >= 4 is 0 Å². The Hall–Kier alpha value is -0.820. The molecule has 0 amide bonds. The van der Waals surface area contributed by atoms with Crippen LogP contribution in [0, 0.1) is 5.41 Å². The molecule has 1 saturated carbocycles. The molecule has 2 rings (SSSR count). The van der Waals surface area contributed by atoms with Crippen molar-refractivity contribution in [2.45, 2.75) is 45.6 Å². The van der Waals surface area contributed by atoms with Gasteiger partial charge in [0.05, 0.1) is 0 Å². The molecule has 0 bridgehead atoms. The van der Waals surface area contributed by atoms with Gasteiger partial charge in [-0.3, -0.25) is 0 Å². The van der Waals surface area contributed by atoms with E-state index < -0.39 is 0 Å². The fourth-order valence-corrected chi connectivity index (χ4v) is 2.40. The molecule has 0 aliphatic heterocycles. The van der Waals surface area contributed by atoms with Gasteiger partial charge in [0.25, 0.3) is 0 Å². The lowest BCUT2D eigenvalue weighted by atomic mass is 9.98. The van der Waals surface area contributed by atoms with Crippen molar-refractivity contribution in [3.8, 4) is 0 Å². The summed E-state index contributed by atoms with van der Waals surface area (Å²) in [7, 11) is 0. The van der Waals surface area contributed by atoms with Crippen LogP contribution < -0.4 is 5.73 Å². The van der Waals surface area contributed by atoms with E-state index in [0.717, 1.165) is 0 Å². The van der Waals surface area contributed by atoms with Crippen molar-refractivity contribution in [3.63, 3.8) is 0 Å². The SMILES string of the molecule is CC(C)c1ccc([C@H]2[C@H](N)C2(C)C)cc1. The third kappa shape index (κ3) is 1.69. The highest BCUT2D eigenvalue weighted by Gasteiger charge is 2.55. The molecular weight excluding hydrogens is 182 g/mol. The van der Waals surface area contributed by atoms with Crippen LogP contribution in [0.2, 0.25) is 0 Å². The molecule has 0 saturated heterocycles. The lowest BCUT2D eigenvalue weighted by Crippen LogP contribution is -2.06. The fraction of sp³-hybridized carbons (Fsp3) is 0.571. The van der Waals surface area contributed by atoms with Crippen LogP contribution in [0.3, 0.4) is 0 Å². The highest BCUT2D eigenvalue weighted by molar-refractivity contribution is 5.36. The number of nitrogens with two attached hydrogens (primary N) is 1. The van der Waals surface area contributed by atoms with E-state index in [1.54, 1.807) is 0 Å². The van der Waals surface area contributed by atoms with Crippen molar-refractivity contribution in [1.29, 1.82) is 0 Å². The van der Waals surface area contributed by atoms with Crippen molar-refractivity contribution in [3.05, 3.63) is 35.4 Å². The average molecular weight is 203 g/mol. The third-order valence-corrected chi connectivity index (χ3v) is 3.87. The maximum absolute atomic E-state index is 6.07. The Morgan fingerprint density at radius 1 is 1.13 bits per heavy atom. The van der Waals surface area contributed by atoms with E-state index in [4.69, 9.17) is 5.73 Å². The lowest BCUT2D eigenvalue weighted by Gasteiger charge is -2.07. The predicted octanol–water partition coefficient (Wildman–Crippen LogP) is 3.26. The molecule has 1 nitrogen and oxygen atoms in total. The molecule has 0 spiro atoms. The maximum Gasteiger partial charge on any atom is 0.0172 e. The summed E-state index contributed by atoms with van der Waals surface area (Å²) in [5.41, 5.74) is 9.17. The molecule has 1 heteroatoms. The Kier molecular flexibility index (Phi) is 2.38. The molecule has 15 heavy (non-hydrogen) atoms. The number of benzene rings is 1. The van der Waals surface area contributed by atoms with Crippen LogP contribution in [0.15, 0.2) is 24.3 Å². The molecule has 2 N–H and O–H groups in total. The Morgan fingerprint density at radius 3 is 1.93 bits per heavy atom. The van der Waals surface area contributed by atoms with Gasteiger partial charge in [0.1, 0.15) is 0 Å². The first kappa shape index (κ1) is 10.7. The van der Waals surface area contributed by atoms with Gasteiger partial charge in [0, 0.05) is 12.0 Å². The Morgan fingerprint density at radius 2 is 1.60 bits per heavy atom. The van der Waals surface area contributed by atoms with Gasteiger partial charge in [-0.2, -0.15) is 0 Å². The van der Waals surface area contributed by atoms with Gasteiger partial charge < -0.3 is 5.73 Å². The molecule has 0 radical (unpaired) electrons. The topological polar surface area (TPSA) is 26.0 Å². The zero-order valence-electron chi connectivity index (χ0n) is 10.1. The molecule has 0 unspecified atom stereocenters. The molecule has 82 valence electrons. The van der Waals surface area contributed by atoms with Crippen LogP contribution in [-0.2, 0) is 0 Å². The summed E-state index contributed by atoms with van der Waals surface area (Å²) in [6, 6.07) is 9.30. The van der Waals surface area contributed by atoms with Gasteiger partial charge in [-0.15, -0.1) is 0 Å². The standard InChI is InChI=1S/C14H21N/c1-9(2)10-5-7-11(8-6-10)12-13(15)14(12,3)4/h5-9,12-13H,15H2,1-4H3/t12-,13-/m0/s1. The molecule has 1 aromatic rings. The van der Waals surface area contributed by atoms with E-state index >= 15 is 0 Å². The minimum Gasteiger partial charge on any atom is -0.327 e. The Bertz CT molecular complexity index is 348. The molecule has 2 atom stereocenters. The molecule has 1 aliphatic carbocycles. The summed E-state index contributed by atoms with van der Waals surface area (Å²) in [5.74, 6) is 1.17. The van der Waals surface area contributed by atoms with E-state index in [1.807, 2.05) is 0 Å². The van der Waals surface area contributed by atoms with Crippen molar-refractivity contribution in [2.24, 2.45) is 11.1 Å². The lowest BCUT2D eigenvalue weighted by molar-refractivity contribution is 0.599. The van der Waals surface area contributed by atoms with Gasteiger partial charge in [0.2, 0.25) is 0 Å². The summed E-state index contributed by atoms with van der Waals surface area (Å²) in [5, 5.41) is 0. The normalized spacial score (nSPS) is 28.1. The smallest absolute Gasteiger partial charge is 0.0172 e. The van der Waals surface area contributed by atoms with Crippen LogP contribution in [0.4, 0.5) is 0 Å². The van der Waals surface area contributed by atoms with Crippen molar-refractivity contribution in [1.82, 2.24) is 0 Å². The molecule has 1 fully saturated rings. The van der Waals surface area contributed by atoms with E-state index in [2.05, 4.69) is 52.0 Å². The minimum atomic E-state index is 0.291. The zero-order valence-corrected chi connectivity index (χ0v) is 10.1. The monoisotopic (exact) mass is 203 g/mol. The van der Waals surface area contributed by atoms with Crippen LogP contribution in [0.5, 0.6) is 0 Å². The summed E-state index contributed by atoms with van der Waals surface area (Å²) < 4.78 is 0. The second-order valence-corrected chi connectivity index (χ2v) is 5.65. The van der Waals surface area contributed by atoms with E-state index in [0.29, 0.717) is 23.3 Å². The quantitative estimate of drug-likeness (QED) is 0.784. The number of hydrogen-bond acceptors (Lipinski definition) is 1. The molecule has 0 heterocycles. The number of hydrogen-bond donors (Lipinski definition) is 1. The first-order valence-corrected chi connectivity index (χ1v) is 5.80. The third-order valence-electron chi connectivity index (χ3n) is 3.87. The second-order valence-electron chi connectivity index (χ2n) is 5.65. The Balaban J connectivity index is 2.19. The summed E-state index contributed by atoms with van der Waals surface area (Å²) >= 11 is 0. The molecule has 1 aromatic carbocycles. The molecule has 1 aliphatic rings. The highest BCUT2D eigenvalue weighted by Crippen LogP contribution is 2.57. The van der Waals surface area contributed by atoms with Crippen LogP contribution in [-0.4, -0.2) is 6.04 Å². The first-order valence-electron chi connectivity index (χ1n) is 5.80. The summed E-state index contributed by atoms with van der Waals surface area (Å²) in [6.07, 6.45) is 0. The fourth-order valence-electron chi connectivity index (χ4n) is 2.40. The van der Waals surface area contributed by atoms with Crippen LogP contribution in [0.25, 0.3) is 0 Å². The second kappa shape index (κ2) is 3.34. The van der Waals surface area contributed by atoms with Gasteiger partial charge >= 0.3 is 0 Å². The largest absolute Gasteiger partial charge is 0.327 e. The van der Waals surface area contributed by atoms with Gasteiger partial charge in [-0.05, 0) is 22.5 Å². The Labute approximate surface area is 92.7 Å². The predicted molar refractivity (Wildman–Crippen MR) is 65.0 cm³/mol. The van der Waals surface area contributed by atoms with E-state index in [-0.39, 0.29) is 0 Å². The maximum atomic E-state index is 6.07. The van der Waals surface area contributed by atoms with E-state index in [1.165, 1.54) is 11.1 Å². The minimum absolute atomic E-state index is 0.291. The van der Waals surface area contributed by atoms with Crippen LogP contribution >= 0.6 is 0 Å². The van der Waals surface area contributed by atoms with Crippen molar-refractivity contribution in [2.75, 3.05) is 0 Å². The zero-order chi connectivity index (χ0) is 11.2. The van der Waals surface area contributed by atoms with Gasteiger partial charge in [-0.1, -0.05) is 52.0 Å². The van der Waals surface area contributed by atoms with Gasteiger partial charge in [0.15, 0.2) is 0 Å². The van der Waals surface area contributed by atoms with Gasteiger partial charge in [-0.25, -0.2) is 0 Å². The van der Waals surface area contributed by atoms with E-state index in [9.17, 15) is 0 Å². The average Bonchev–Trinajstić information content (AvgIpc) is 2.66. The highest BCUT2D eigenvalue weighted by atomic mass is 14.8. The van der Waals surface area contributed by atoms with Crippen LogP contribution in [0.1, 0.15) is 50.7 Å². The van der Waals surface area contributed by atoms with Crippen molar-refractivity contribution < 1.29 is 0 Å².